The Morgan fingerprint density at radius 2 is 1.64 bits per heavy atom. The minimum absolute atomic E-state index is 0.209. The van der Waals surface area contributed by atoms with Gasteiger partial charge in [0.1, 0.15) is 0 Å². The van der Waals surface area contributed by atoms with Crippen LogP contribution in [0.15, 0.2) is 35.2 Å². The van der Waals surface area contributed by atoms with Crippen molar-refractivity contribution < 1.29 is 17.4 Å². The van der Waals surface area contributed by atoms with Crippen LogP contribution < -0.4 is 0 Å². The van der Waals surface area contributed by atoms with Gasteiger partial charge >= 0.3 is 6.08 Å². The summed E-state index contributed by atoms with van der Waals surface area (Å²) in [7, 11) is -1.19. The van der Waals surface area contributed by atoms with E-state index in [1.54, 1.807) is 0 Å². The lowest BCUT2D eigenvalue weighted by molar-refractivity contribution is 0.410. The first-order valence-electron chi connectivity index (χ1n) is 3.67. The van der Waals surface area contributed by atoms with Crippen molar-refractivity contribution in [3.8, 4) is 0 Å². The third kappa shape index (κ3) is 2.45. The third-order valence-corrected chi connectivity index (χ3v) is 2.54. The summed E-state index contributed by atoms with van der Waals surface area (Å²) >= 11 is 0. The van der Waals surface area contributed by atoms with Crippen LogP contribution in [0.1, 0.15) is 5.56 Å². The van der Waals surface area contributed by atoms with Crippen molar-refractivity contribution in [2.45, 2.75) is 4.90 Å². The highest BCUT2D eigenvalue weighted by molar-refractivity contribution is 7.84. The van der Waals surface area contributed by atoms with Crippen molar-refractivity contribution in [2.24, 2.45) is 0 Å². The first kappa shape index (κ1) is 11.0. The molecule has 1 unspecified atom stereocenters. The fourth-order valence-corrected chi connectivity index (χ4v) is 1.42. The molecule has 1 rings (SSSR count). The molecule has 0 saturated carbocycles. The smallest absolute Gasteiger partial charge is 0.255 e. The van der Waals surface area contributed by atoms with E-state index < -0.39 is 22.7 Å². The Bertz CT molecular complexity index is 380. The van der Waals surface area contributed by atoms with Crippen molar-refractivity contribution in [1.29, 1.82) is 0 Å². The van der Waals surface area contributed by atoms with E-state index in [2.05, 4.69) is 0 Å². The molecule has 5 heteroatoms. The Hall–Kier alpha value is -1.10. The predicted octanol–water partition coefficient (Wildman–Crippen LogP) is 2.96. The molecule has 0 spiro atoms. The normalized spacial score (nSPS) is 12.3. The largest absolute Gasteiger partial charge is 0.306 e. The molecule has 0 aliphatic heterocycles. The van der Waals surface area contributed by atoms with Gasteiger partial charge in [0.05, 0.1) is 0 Å². The molecule has 0 saturated heterocycles. The van der Waals surface area contributed by atoms with E-state index in [1.807, 2.05) is 0 Å². The molecular weight excluding hydrogens is 213 g/mol. The summed E-state index contributed by atoms with van der Waals surface area (Å²) in [5.41, 5.74) is -0.209. The van der Waals surface area contributed by atoms with Crippen molar-refractivity contribution >= 4 is 16.6 Å². The molecule has 1 aromatic carbocycles. The minimum Gasteiger partial charge on any atom is -0.255 e. The van der Waals surface area contributed by atoms with Crippen molar-refractivity contribution in [1.82, 2.24) is 0 Å². The van der Waals surface area contributed by atoms with E-state index in [9.17, 15) is 17.4 Å². The number of hydrogen-bond acceptors (Lipinski definition) is 1. The lowest BCUT2D eigenvalue weighted by atomic mass is 10.2. The maximum Gasteiger partial charge on any atom is 0.306 e. The lowest BCUT2D eigenvalue weighted by Crippen LogP contribution is -1.87. The number of rotatable bonds is 2. The second-order valence-corrected chi connectivity index (χ2v) is 3.93. The van der Waals surface area contributed by atoms with E-state index in [1.165, 1.54) is 30.5 Å². The number of benzene rings is 1. The Labute approximate surface area is 81.7 Å². The van der Waals surface area contributed by atoms with Gasteiger partial charge in [-0.1, -0.05) is 12.1 Å². The van der Waals surface area contributed by atoms with Gasteiger partial charge in [-0.25, -0.2) is 4.39 Å². The fraction of sp³-hybridized carbons (Fsp3) is 0.111. The molecule has 0 aliphatic carbocycles. The van der Waals surface area contributed by atoms with Gasteiger partial charge in [0.2, 0.25) is 0 Å². The third-order valence-electron chi connectivity index (χ3n) is 1.61. The Morgan fingerprint density at radius 1 is 1.14 bits per heavy atom. The molecule has 0 fully saturated rings. The highest BCUT2D eigenvalue weighted by Gasteiger charge is 2.08. The highest BCUT2D eigenvalue weighted by Crippen LogP contribution is 2.22. The Kier molecular flexibility index (Phi) is 3.46. The molecule has 0 aromatic heterocycles. The van der Waals surface area contributed by atoms with Crippen LogP contribution in [0.5, 0.6) is 0 Å². The maximum absolute atomic E-state index is 12.6. The van der Waals surface area contributed by atoms with Crippen LogP contribution in [-0.2, 0) is 10.8 Å². The van der Waals surface area contributed by atoms with Gasteiger partial charge in [-0.05, 0) is 12.1 Å². The van der Waals surface area contributed by atoms with E-state index in [-0.39, 0.29) is 5.56 Å². The zero-order valence-corrected chi connectivity index (χ0v) is 8.08. The number of hydrogen-bond donors (Lipinski definition) is 0. The molecular formula is C9H7F3OS. The fourth-order valence-electron chi connectivity index (χ4n) is 0.902. The summed E-state index contributed by atoms with van der Waals surface area (Å²) in [6, 6.07) is 5.05. The summed E-state index contributed by atoms with van der Waals surface area (Å²) in [6.07, 6.45) is -0.896. The van der Waals surface area contributed by atoms with Crippen LogP contribution in [0.25, 0.3) is 5.83 Å². The second kappa shape index (κ2) is 4.41. The summed E-state index contributed by atoms with van der Waals surface area (Å²) in [5.74, 6) is -1.54. The predicted molar refractivity (Wildman–Crippen MR) is 49.0 cm³/mol. The van der Waals surface area contributed by atoms with Crippen molar-refractivity contribution in [3.63, 3.8) is 0 Å². The van der Waals surface area contributed by atoms with Crippen molar-refractivity contribution in [2.75, 3.05) is 6.26 Å². The molecule has 0 N–H and O–H groups in total. The Morgan fingerprint density at radius 3 is 2.00 bits per heavy atom. The van der Waals surface area contributed by atoms with Crippen LogP contribution in [0, 0.1) is 0 Å². The van der Waals surface area contributed by atoms with E-state index >= 15 is 0 Å². The molecule has 0 amide bonds. The first-order chi connectivity index (χ1) is 6.52. The van der Waals surface area contributed by atoms with Crippen LogP contribution >= 0.6 is 0 Å². The molecule has 1 atom stereocenters. The van der Waals surface area contributed by atoms with Crippen LogP contribution in [-0.4, -0.2) is 10.5 Å². The van der Waals surface area contributed by atoms with Gasteiger partial charge < -0.3 is 0 Å². The quantitative estimate of drug-likeness (QED) is 0.748. The van der Waals surface area contributed by atoms with Crippen LogP contribution in [0.4, 0.5) is 13.2 Å². The molecule has 0 radical (unpaired) electrons. The first-order valence-corrected chi connectivity index (χ1v) is 5.23. The van der Waals surface area contributed by atoms with Gasteiger partial charge in [-0.2, -0.15) is 8.78 Å². The summed E-state index contributed by atoms with van der Waals surface area (Å²) in [5, 5.41) is 0. The summed E-state index contributed by atoms with van der Waals surface area (Å²) in [6.45, 7) is 0. The van der Waals surface area contributed by atoms with Gasteiger partial charge in [0, 0.05) is 27.5 Å². The molecule has 1 nitrogen and oxygen atoms in total. The molecule has 14 heavy (non-hydrogen) atoms. The van der Waals surface area contributed by atoms with Gasteiger partial charge in [0.15, 0.2) is 5.83 Å². The molecule has 1 aromatic rings. The van der Waals surface area contributed by atoms with Crippen LogP contribution in [0.3, 0.4) is 0 Å². The molecule has 0 aliphatic rings. The zero-order chi connectivity index (χ0) is 10.7. The minimum atomic E-state index is -2.35. The van der Waals surface area contributed by atoms with Gasteiger partial charge in [-0.3, -0.25) is 4.21 Å². The van der Waals surface area contributed by atoms with Crippen molar-refractivity contribution in [3.05, 3.63) is 35.9 Å². The molecule has 0 heterocycles. The van der Waals surface area contributed by atoms with Gasteiger partial charge in [-0.15, -0.1) is 0 Å². The summed E-state index contributed by atoms with van der Waals surface area (Å²) in [4.78, 5) is 0.473. The Balaban J connectivity index is 3.06. The lowest BCUT2D eigenvalue weighted by Gasteiger charge is -1.98. The average Bonchev–Trinajstić information content (AvgIpc) is 2.16. The molecule has 76 valence electrons. The standard InChI is InChI=1S/C9H7F3OS/c1-14(13)7-4-2-6(3-5-7)8(10)9(11)12/h2-5H,1H3. The SMILES string of the molecule is CS(=O)c1ccc(C(F)=C(F)F)cc1. The summed E-state index contributed by atoms with van der Waals surface area (Å²) < 4.78 is 47.2. The van der Waals surface area contributed by atoms with Gasteiger partial charge in [0.25, 0.3) is 0 Å². The maximum atomic E-state index is 12.6. The topological polar surface area (TPSA) is 17.1 Å². The zero-order valence-electron chi connectivity index (χ0n) is 7.26. The molecule has 0 bridgehead atoms. The van der Waals surface area contributed by atoms with E-state index in [0.29, 0.717) is 4.90 Å². The van der Waals surface area contributed by atoms with E-state index in [0.717, 1.165) is 0 Å². The average molecular weight is 220 g/mol. The monoisotopic (exact) mass is 220 g/mol. The second-order valence-electron chi connectivity index (χ2n) is 2.55. The van der Waals surface area contributed by atoms with E-state index in [4.69, 9.17) is 0 Å². The highest BCUT2D eigenvalue weighted by atomic mass is 32.2. The number of halogens is 3. The van der Waals surface area contributed by atoms with Crippen LogP contribution in [0.2, 0.25) is 0 Å².